The number of esters is 1. The van der Waals surface area contributed by atoms with Crippen molar-refractivity contribution < 1.29 is 18.7 Å². The average Bonchev–Trinajstić information content (AvgIpc) is 3.00. The summed E-state index contributed by atoms with van der Waals surface area (Å²) in [6, 6.07) is 3.47. The van der Waals surface area contributed by atoms with Crippen LogP contribution in [0.3, 0.4) is 0 Å². The first-order valence-electron chi connectivity index (χ1n) is 9.58. The Bertz CT molecular complexity index is 746. The zero-order chi connectivity index (χ0) is 18.5. The van der Waals surface area contributed by atoms with Gasteiger partial charge in [0.15, 0.2) is 0 Å². The first-order valence-corrected chi connectivity index (χ1v) is 9.58. The van der Waals surface area contributed by atoms with Crippen LogP contribution in [0.4, 0.5) is 4.39 Å². The topological polar surface area (TPSA) is 46.6 Å². The summed E-state index contributed by atoms with van der Waals surface area (Å²) in [7, 11) is 0. The number of cyclic esters (lactones) is 1. The van der Waals surface area contributed by atoms with E-state index in [0.717, 1.165) is 49.9 Å². The van der Waals surface area contributed by atoms with Crippen LogP contribution in [0.2, 0.25) is 0 Å². The molecule has 0 bridgehead atoms. The first-order chi connectivity index (χ1) is 12.4. The molecule has 1 saturated carbocycles. The third-order valence-corrected chi connectivity index (χ3v) is 6.78. The van der Waals surface area contributed by atoms with Crippen molar-refractivity contribution >= 4 is 11.9 Å². The fourth-order valence-corrected chi connectivity index (χ4v) is 4.98. The van der Waals surface area contributed by atoms with Crippen LogP contribution in [-0.2, 0) is 14.3 Å². The van der Waals surface area contributed by atoms with Gasteiger partial charge in [0.25, 0.3) is 0 Å². The zero-order valence-electron chi connectivity index (χ0n) is 15.5. The Kier molecular flexibility index (Phi) is 4.28. The van der Waals surface area contributed by atoms with Gasteiger partial charge >= 0.3 is 5.97 Å². The largest absolute Gasteiger partial charge is 0.465 e. The zero-order valence-corrected chi connectivity index (χ0v) is 15.5. The molecule has 1 aromatic carbocycles. The Labute approximate surface area is 153 Å². The van der Waals surface area contributed by atoms with Crippen molar-refractivity contribution in [3.05, 3.63) is 34.6 Å². The third kappa shape index (κ3) is 2.91. The summed E-state index contributed by atoms with van der Waals surface area (Å²) in [4.78, 5) is 26.1. The molecule has 1 aliphatic carbocycles. The molecule has 1 amide bonds. The first kappa shape index (κ1) is 17.5. The van der Waals surface area contributed by atoms with Crippen LogP contribution < -0.4 is 0 Å². The van der Waals surface area contributed by atoms with E-state index in [0.29, 0.717) is 18.9 Å². The van der Waals surface area contributed by atoms with Crippen LogP contribution in [0, 0.1) is 31.0 Å². The summed E-state index contributed by atoms with van der Waals surface area (Å²) in [5.41, 5.74) is 2.94. The molecule has 0 N–H and O–H groups in total. The smallest absolute Gasteiger partial charge is 0.306 e. The van der Waals surface area contributed by atoms with Crippen molar-refractivity contribution in [2.75, 3.05) is 19.7 Å². The highest BCUT2D eigenvalue weighted by atomic mass is 19.1. The Morgan fingerprint density at radius 3 is 2.50 bits per heavy atom. The number of hydrogen-bond donors (Lipinski definition) is 0. The predicted octanol–water partition coefficient (Wildman–Crippen LogP) is 3.49. The number of halogens is 1. The minimum atomic E-state index is -0.146. The second-order valence-corrected chi connectivity index (χ2v) is 8.43. The van der Waals surface area contributed by atoms with E-state index in [1.54, 1.807) is 6.07 Å². The summed E-state index contributed by atoms with van der Waals surface area (Å²) in [5, 5.41) is 0. The summed E-state index contributed by atoms with van der Waals surface area (Å²) in [6.45, 7) is 5.83. The van der Waals surface area contributed by atoms with Gasteiger partial charge < -0.3 is 9.64 Å². The maximum atomic E-state index is 13.7. The highest BCUT2D eigenvalue weighted by molar-refractivity contribution is 5.81. The van der Waals surface area contributed by atoms with Gasteiger partial charge in [0.05, 0.1) is 13.0 Å². The van der Waals surface area contributed by atoms with Crippen molar-refractivity contribution in [3.8, 4) is 0 Å². The second-order valence-electron chi connectivity index (χ2n) is 8.43. The number of piperidine rings is 1. The normalized spacial score (nSPS) is 29.0. The Morgan fingerprint density at radius 1 is 1.19 bits per heavy atom. The van der Waals surface area contributed by atoms with E-state index < -0.39 is 0 Å². The van der Waals surface area contributed by atoms with E-state index in [-0.39, 0.29) is 29.0 Å². The van der Waals surface area contributed by atoms with E-state index in [4.69, 9.17) is 4.74 Å². The lowest BCUT2D eigenvalue weighted by Crippen LogP contribution is -2.49. The van der Waals surface area contributed by atoms with Gasteiger partial charge in [0.1, 0.15) is 5.82 Å². The Balaban J connectivity index is 1.34. The number of benzene rings is 1. The molecule has 4 nitrogen and oxygen atoms in total. The third-order valence-electron chi connectivity index (χ3n) is 6.78. The Hall–Kier alpha value is -1.91. The molecule has 0 aromatic heterocycles. The van der Waals surface area contributed by atoms with Crippen LogP contribution in [0.1, 0.15) is 54.7 Å². The molecule has 2 aliphatic heterocycles. The maximum Gasteiger partial charge on any atom is 0.306 e. The molecule has 140 valence electrons. The standard InChI is InChI=1S/C21H26FNO3/c1-13-14(2)18(22)4-3-17(13)15-5-7-23(8-6-15)20(25)16-9-21(10-16)11-19(24)26-12-21/h3-4,15-16H,5-12H2,1-2H3. The van der Waals surface area contributed by atoms with Gasteiger partial charge in [0, 0.05) is 24.4 Å². The molecule has 5 heteroatoms. The lowest BCUT2D eigenvalue weighted by molar-refractivity contribution is -0.144. The number of hydrogen-bond acceptors (Lipinski definition) is 3. The highest BCUT2D eigenvalue weighted by Crippen LogP contribution is 2.52. The van der Waals surface area contributed by atoms with Gasteiger partial charge in [0.2, 0.25) is 5.91 Å². The summed E-state index contributed by atoms with van der Waals surface area (Å²) in [6.07, 6.45) is 3.90. The van der Waals surface area contributed by atoms with Crippen molar-refractivity contribution in [3.63, 3.8) is 0 Å². The van der Waals surface area contributed by atoms with Crippen molar-refractivity contribution in [1.82, 2.24) is 4.90 Å². The number of amides is 1. The number of likely N-dealkylation sites (tertiary alicyclic amines) is 1. The van der Waals surface area contributed by atoms with Gasteiger partial charge in [-0.25, -0.2) is 4.39 Å². The van der Waals surface area contributed by atoms with Crippen LogP contribution >= 0.6 is 0 Å². The van der Waals surface area contributed by atoms with E-state index in [2.05, 4.69) is 0 Å². The van der Waals surface area contributed by atoms with Crippen LogP contribution in [-0.4, -0.2) is 36.5 Å². The van der Waals surface area contributed by atoms with Crippen molar-refractivity contribution in [2.45, 2.75) is 51.9 Å². The van der Waals surface area contributed by atoms with Gasteiger partial charge in [-0.2, -0.15) is 0 Å². The van der Waals surface area contributed by atoms with Crippen LogP contribution in [0.25, 0.3) is 0 Å². The summed E-state index contributed by atoms with van der Waals surface area (Å²) >= 11 is 0. The van der Waals surface area contributed by atoms with E-state index in [1.165, 1.54) is 5.56 Å². The minimum absolute atomic E-state index is 0.0517. The molecule has 3 fully saturated rings. The molecular formula is C21H26FNO3. The lowest BCUT2D eigenvalue weighted by atomic mass is 9.61. The molecule has 26 heavy (non-hydrogen) atoms. The Morgan fingerprint density at radius 2 is 1.88 bits per heavy atom. The number of nitrogens with zero attached hydrogens (tertiary/aromatic N) is 1. The fourth-order valence-electron chi connectivity index (χ4n) is 4.98. The molecule has 0 unspecified atom stereocenters. The summed E-state index contributed by atoms with van der Waals surface area (Å²) < 4.78 is 18.8. The van der Waals surface area contributed by atoms with Gasteiger partial charge in [-0.05, 0) is 68.2 Å². The predicted molar refractivity (Wildman–Crippen MR) is 95.2 cm³/mol. The van der Waals surface area contributed by atoms with E-state index in [9.17, 15) is 14.0 Å². The molecule has 0 atom stereocenters. The van der Waals surface area contributed by atoms with E-state index in [1.807, 2.05) is 24.8 Å². The van der Waals surface area contributed by atoms with E-state index >= 15 is 0 Å². The molecule has 1 aromatic rings. The number of carbonyl (C=O) groups excluding carboxylic acids is 2. The number of ether oxygens (including phenoxy) is 1. The highest BCUT2D eigenvalue weighted by Gasteiger charge is 2.53. The number of rotatable bonds is 2. The van der Waals surface area contributed by atoms with Gasteiger partial charge in [-0.15, -0.1) is 0 Å². The monoisotopic (exact) mass is 359 g/mol. The quantitative estimate of drug-likeness (QED) is 0.760. The molecule has 0 radical (unpaired) electrons. The average molecular weight is 359 g/mol. The minimum Gasteiger partial charge on any atom is -0.465 e. The molecule has 3 aliphatic rings. The van der Waals surface area contributed by atoms with Crippen LogP contribution in [0.15, 0.2) is 12.1 Å². The molecular weight excluding hydrogens is 333 g/mol. The van der Waals surface area contributed by atoms with Crippen LogP contribution in [0.5, 0.6) is 0 Å². The van der Waals surface area contributed by atoms with Crippen molar-refractivity contribution in [2.24, 2.45) is 11.3 Å². The second kappa shape index (κ2) is 6.36. The molecule has 2 heterocycles. The number of carbonyl (C=O) groups is 2. The molecule has 1 spiro atoms. The fraction of sp³-hybridized carbons (Fsp3) is 0.619. The maximum absolute atomic E-state index is 13.7. The lowest BCUT2D eigenvalue weighted by Gasteiger charge is -2.45. The van der Waals surface area contributed by atoms with Gasteiger partial charge in [-0.1, -0.05) is 6.07 Å². The summed E-state index contributed by atoms with van der Waals surface area (Å²) in [5.74, 6) is 0.414. The molecule has 2 saturated heterocycles. The SMILES string of the molecule is Cc1c(F)ccc(C2CCN(C(=O)C3CC4(COC(=O)C4)C3)CC2)c1C. The van der Waals surface area contributed by atoms with Crippen molar-refractivity contribution in [1.29, 1.82) is 0 Å². The van der Waals surface area contributed by atoms with Gasteiger partial charge in [-0.3, -0.25) is 9.59 Å². The molecule has 4 rings (SSSR count).